The Bertz CT molecular complexity index is 892. The van der Waals surface area contributed by atoms with Crippen LogP contribution in [0.4, 0.5) is 19.0 Å². The number of alkyl halides is 3. The number of fused-ring (bicyclic) bond motifs is 1. The molecule has 0 amide bonds. The monoisotopic (exact) mass is 406 g/mol. The quantitative estimate of drug-likeness (QED) is 0.831. The highest BCUT2D eigenvalue weighted by atomic mass is 19.4. The topological polar surface area (TPSA) is 52.5 Å². The molecule has 2 aromatic rings. The van der Waals surface area contributed by atoms with Gasteiger partial charge in [0.05, 0.1) is 11.3 Å². The van der Waals surface area contributed by atoms with Crippen LogP contribution in [0.25, 0.3) is 11.3 Å². The second kappa shape index (κ2) is 7.48. The van der Waals surface area contributed by atoms with Gasteiger partial charge in [-0.15, -0.1) is 10.2 Å². The predicted octanol–water partition coefficient (Wildman–Crippen LogP) is 4.02. The minimum absolute atomic E-state index is 0.305. The molecule has 29 heavy (non-hydrogen) atoms. The van der Waals surface area contributed by atoms with Gasteiger partial charge in [-0.1, -0.05) is 6.92 Å². The third kappa shape index (κ3) is 3.77. The lowest BCUT2D eigenvalue weighted by Gasteiger charge is -2.28. The minimum Gasteiger partial charge on any atom is -0.507 e. The molecule has 8 heteroatoms. The van der Waals surface area contributed by atoms with E-state index in [4.69, 9.17) is 0 Å². The smallest absolute Gasteiger partial charge is 0.416 e. The molecule has 1 aromatic carbocycles. The van der Waals surface area contributed by atoms with Crippen molar-refractivity contribution in [3.63, 3.8) is 0 Å². The third-order valence-corrected chi connectivity index (χ3v) is 6.04. The standard InChI is InChI=1S/C21H25F3N4O/c1-3-27-7-4-5-16(27)12-28-8-6-14-10-17(25-26-20(14)28)19-13(2)9-15(11-18(19)29)21(22,23)24/h9-11,16,29H,3-8,12H2,1-2H3/t16-/m0/s1. The van der Waals surface area contributed by atoms with Crippen molar-refractivity contribution in [1.82, 2.24) is 15.1 Å². The van der Waals surface area contributed by atoms with E-state index in [-0.39, 0.29) is 0 Å². The summed E-state index contributed by atoms with van der Waals surface area (Å²) in [6.45, 7) is 7.69. The zero-order chi connectivity index (χ0) is 20.8. The number of aromatic hydroxyl groups is 1. The summed E-state index contributed by atoms with van der Waals surface area (Å²) in [5.74, 6) is 0.423. The highest BCUT2D eigenvalue weighted by Crippen LogP contribution is 2.39. The summed E-state index contributed by atoms with van der Waals surface area (Å²) in [7, 11) is 0. The number of rotatable bonds is 4. The summed E-state index contributed by atoms with van der Waals surface area (Å²) in [5.41, 5.74) is 1.19. The normalized spacial score (nSPS) is 19.8. The van der Waals surface area contributed by atoms with Gasteiger partial charge in [0, 0.05) is 30.3 Å². The van der Waals surface area contributed by atoms with E-state index in [1.165, 1.54) is 12.8 Å². The Morgan fingerprint density at radius 3 is 2.66 bits per heavy atom. The number of benzene rings is 1. The molecule has 3 heterocycles. The number of phenolic OH excluding ortho intramolecular Hbond substituents is 1. The first-order valence-electron chi connectivity index (χ1n) is 10.0. The molecule has 2 aliphatic rings. The number of halogens is 3. The van der Waals surface area contributed by atoms with Crippen molar-refractivity contribution in [3.8, 4) is 17.0 Å². The molecule has 0 unspecified atom stereocenters. The summed E-state index contributed by atoms with van der Waals surface area (Å²) >= 11 is 0. The average molecular weight is 406 g/mol. The van der Waals surface area contributed by atoms with E-state index in [0.717, 1.165) is 56.1 Å². The number of anilines is 1. The van der Waals surface area contributed by atoms with Crippen molar-refractivity contribution >= 4 is 5.82 Å². The lowest BCUT2D eigenvalue weighted by molar-refractivity contribution is -0.137. The Morgan fingerprint density at radius 2 is 1.97 bits per heavy atom. The van der Waals surface area contributed by atoms with E-state index in [1.807, 2.05) is 6.07 Å². The van der Waals surface area contributed by atoms with Gasteiger partial charge in [0.1, 0.15) is 5.75 Å². The van der Waals surface area contributed by atoms with E-state index in [1.54, 1.807) is 6.92 Å². The van der Waals surface area contributed by atoms with Crippen LogP contribution in [-0.4, -0.2) is 52.4 Å². The Balaban J connectivity index is 1.60. The molecule has 5 nitrogen and oxygen atoms in total. The zero-order valence-corrected chi connectivity index (χ0v) is 16.6. The molecule has 1 atom stereocenters. The van der Waals surface area contributed by atoms with Gasteiger partial charge >= 0.3 is 6.18 Å². The van der Waals surface area contributed by atoms with Gasteiger partial charge in [-0.3, -0.25) is 4.90 Å². The molecule has 156 valence electrons. The van der Waals surface area contributed by atoms with Gasteiger partial charge in [-0.25, -0.2) is 0 Å². The molecule has 1 N–H and O–H groups in total. The number of likely N-dealkylation sites (tertiary alicyclic amines) is 1. The molecule has 0 bridgehead atoms. The van der Waals surface area contributed by atoms with E-state index in [2.05, 4.69) is 26.9 Å². The summed E-state index contributed by atoms with van der Waals surface area (Å²) in [4.78, 5) is 4.74. The van der Waals surface area contributed by atoms with Crippen molar-refractivity contribution in [2.45, 2.75) is 45.3 Å². The van der Waals surface area contributed by atoms with Gasteiger partial charge in [-0.2, -0.15) is 13.2 Å². The molecular weight excluding hydrogens is 381 g/mol. The largest absolute Gasteiger partial charge is 0.507 e. The van der Waals surface area contributed by atoms with E-state index < -0.39 is 17.5 Å². The number of likely N-dealkylation sites (N-methyl/N-ethyl adjacent to an activating group) is 1. The molecule has 1 aromatic heterocycles. The summed E-state index contributed by atoms with van der Waals surface area (Å²) in [5, 5.41) is 18.9. The van der Waals surface area contributed by atoms with Crippen molar-refractivity contribution in [1.29, 1.82) is 0 Å². The van der Waals surface area contributed by atoms with Crippen LogP contribution in [0.5, 0.6) is 5.75 Å². The first kappa shape index (κ1) is 19.9. The van der Waals surface area contributed by atoms with Gasteiger partial charge < -0.3 is 10.0 Å². The molecule has 1 fully saturated rings. The summed E-state index contributed by atoms with van der Waals surface area (Å²) in [6, 6.07) is 4.16. The maximum Gasteiger partial charge on any atom is 0.416 e. The van der Waals surface area contributed by atoms with Crippen LogP contribution < -0.4 is 4.90 Å². The number of nitrogens with zero attached hydrogens (tertiary/aromatic N) is 4. The molecular formula is C21H25F3N4O. The first-order valence-corrected chi connectivity index (χ1v) is 10.0. The second-order valence-electron chi connectivity index (χ2n) is 7.88. The summed E-state index contributed by atoms with van der Waals surface area (Å²) < 4.78 is 38.9. The molecule has 0 aliphatic carbocycles. The van der Waals surface area contributed by atoms with Crippen molar-refractivity contribution < 1.29 is 18.3 Å². The van der Waals surface area contributed by atoms with E-state index in [0.29, 0.717) is 22.9 Å². The Kier molecular flexibility index (Phi) is 5.14. The fraction of sp³-hybridized carbons (Fsp3) is 0.524. The SMILES string of the molecule is CCN1CCC[C@H]1CN1CCc2cc(-c3c(C)cc(C(F)(F)F)cc3O)nnc21. The highest BCUT2D eigenvalue weighted by molar-refractivity contribution is 5.73. The Morgan fingerprint density at radius 1 is 1.17 bits per heavy atom. The number of aromatic nitrogens is 2. The maximum atomic E-state index is 13.0. The molecule has 0 radical (unpaired) electrons. The van der Waals surface area contributed by atoms with Crippen LogP contribution in [0.2, 0.25) is 0 Å². The number of phenols is 1. The number of aryl methyl sites for hydroxylation is 1. The van der Waals surface area contributed by atoms with Gasteiger partial charge in [-0.05, 0) is 63.0 Å². The second-order valence-corrected chi connectivity index (χ2v) is 7.88. The van der Waals surface area contributed by atoms with Crippen LogP contribution in [0.15, 0.2) is 18.2 Å². The fourth-order valence-electron chi connectivity index (χ4n) is 4.57. The first-order chi connectivity index (χ1) is 13.8. The zero-order valence-electron chi connectivity index (χ0n) is 16.6. The molecule has 1 saturated heterocycles. The third-order valence-electron chi connectivity index (χ3n) is 6.04. The van der Waals surface area contributed by atoms with E-state index in [9.17, 15) is 18.3 Å². The number of hydrogen-bond donors (Lipinski definition) is 1. The molecule has 2 aliphatic heterocycles. The van der Waals surface area contributed by atoms with Gasteiger partial charge in [0.2, 0.25) is 0 Å². The molecule has 0 spiro atoms. The van der Waals surface area contributed by atoms with Crippen LogP contribution in [0.3, 0.4) is 0 Å². The Hall–Kier alpha value is -2.35. The number of hydrogen-bond acceptors (Lipinski definition) is 5. The average Bonchev–Trinajstić information content (AvgIpc) is 3.27. The lowest BCUT2D eigenvalue weighted by atomic mass is 9.99. The summed E-state index contributed by atoms with van der Waals surface area (Å²) in [6.07, 6.45) is -1.28. The van der Waals surface area contributed by atoms with Crippen LogP contribution in [-0.2, 0) is 12.6 Å². The minimum atomic E-state index is -4.50. The van der Waals surface area contributed by atoms with Crippen LogP contribution in [0.1, 0.15) is 36.5 Å². The van der Waals surface area contributed by atoms with E-state index >= 15 is 0 Å². The van der Waals surface area contributed by atoms with Crippen molar-refractivity contribution in [2.24, 2.45) is 0 Å². The maximum absolute atomic E-state index is 13.0. The fourth-order valence-corrected chi connectivity index (χ4v) is 4.57. The lowest BCUT2D eigenvalue weighted by Crippen LogP contribution is -2.40. The van der Waals surface area contributed by atoms with Crippen molar-refractivity contribution in [2.75, 3.05) is 31.1 Å². The predicted molar refractivity (Wildman–Crippen MR) is 105 cm³/mol. The molecule has 4 rings (SSSR count). The van der Waals surface area contributed by atoms with Crippen LogP contribution in [0, 0.1) is 6.92 Å². The Labute approximate surface area is 168 Å². The highest BCUT2D eigenvalue weighted by Gasteiger charge is 2.33. The van der Waals surface area contributed by atoms with Gasteiger partial charge in [0.25, 0.3) is 0 Å². The van der Waals surface area contributed by atoms with Crippen LogP contribution >= 0.6 is 0 Å². The van der Waals surface area contributed by atoms with Crippen molar-refractivity contribution in [3.05, 3.63) is 34.9 Å². The van der Waals surface area contributed by atoms with Gasteiger partial charge in [0.15, 0.2) is 5.82 Å². The molecule has 0 saturated carbocycles.